The van der Waals surface area contributed by atoms with Gasteiger partial charge >= 0.3 is 5.97 Å². The van der Waals surface area contributed by atoms with Crippen LogP contribution in [0.3, 0.4) is 0 Å². The van der Waals surface area contributed by atoms with E-state index in [0.29, 0.717) is 6.61 Å². The normalized spacial score (nSPS) is 13.9. The van der Waals surface area contributed by atoms with Gasteiger partial charge in [-0.1, -0.05) is 41.5 Å². The first kappa shape index (κ1) is 12.5. The molecule has 2 nitrogen and oxygen atoms in total. The molecule has 0 atom stereocenters. The molecule has 0 spiro atoms. The highest BCUT2D eigenvalue weighted by molar-refractivity contribution is 5.90. The molecule has 2 rings (SSSR count). The fraction of sp³-hybridized carbons (Fsp3) is 0.357. The largest absolute Gasteiger partial charge is 0.462 e. The molecule has 1 aliphatic rings. The van der Waals surface area contributed by atoms with Gasteiger partial charge in [0, 0.05) is 12.0 Å². The first-order valence-electron chi connectivity index (χ1n) is 5.46. The molecule has 2 heteroatoms. The maximum absolute atomic E-state index is 10.7. The lowest BCUT2D eigenvalue weighted by Gasteiger charge is -1.91. The Morgan fingerprint density at radius 1 is 1.19 bits per heavy atom. The number of carbonyl (C=O) groups is 1. The van der Waals surface area contributed by atoms with Crippen LogP contribution in [0.1, 0.15) is 25.8 Å². The Bertz CT molecular complexity index is 373. The van der Waals surface area contributed by atoms with Gasteiger partial charge in [0.15, 0.2) is 0 Å². The summed E-state index contributed by atoms with van der Waals surface area (Å²) in [5.41, 5.74) is 3.26. The summed E-state index contributed by atoms with van der Waals surface area (Å²) in [4.78, 5) is 10.7. The van der Waals surface area contributed by atoms with Crippen molar-refractivity contribution in [1.29, 1.82) is 0 Å². The number of carbonyl (C=O) groups excluding carboxylic acids is 1. The summed E-state index contributed by atoms with van der Waals surface area (Å²) in [6.07, 6.45) is 0.793. The molecule has 0 N–H and O–H groups in total. The Morgan fingerprint density at radius 3 is 2.06 bits per heavy atom. The maximum Gasteiger partial charge on any atom is 0.334 e. The number of rotatable bonds is 0. The fourth-order valence-corrected chi connectivity index (χ4v) is 1.42. The molecular weight excluding hydrogens is 200 g/mol. The van der Waals surface area contributed by atoms with Crippen molar-refractivity contribution in [2.75, 3.05) is 6.61 Å². The molecule has 16 heavy (non-hydrogen) atoms. The molecule has 1 saturated heterocycles. The van der Waals surface area contributed by atoms with E-state index in [1.807, 2.05) is 32.0 Å². The zero-order chi connectivity index (χ0) is 12.0. The predicted octanol–water partition coefficient (Wildman–Crippen LogP) is 3.26. The van der Waals surface area contributed by atoms with E-state index in [9.17, 15) is 4.79 Å². The average molecular weight is 218 g/mol. The third-order valence-corrected chi connectivity index (χ3v) is 2.38. The van der Waals surface area contributed by atoms with Crippen molar-refractivity contribution in [3.05, 3.63) is 47.0 Å². The Labute approximate surface area is 96.9 Å². The van der Waals surface area contributed by atoms with Gasteiger partial charge in [0.1, 0.15) is 0 Å². The van der Waals surface area contributed by atoms with Crippen molar-refractivity contribution >= 4 is 5.97 Å². The third-order valence-electron chi connectivity index (χ3n) is 2.38. The quantitative estimate of drug-likeness (QED) is 0.493. The number of ether oxygens (including phenoxy) is 1. The second-order valence-corrected chi connectivity index (χ2v) is 4.02. The third kappa shape index (κ3) is 3.89. The Hall–Kier alpha value is -1.57. The SMILES string of the molecule is CC(C)=C1CCOC1=O.Cc1ccccc1. The minimum absolute atomic E-state index is 0.130. The summed E-state index contributed by atoms with van der Waals surface area (Å²) in [6.45, 7) is 6.52. The molecule has 1 aromatic rings. The van der Waals surface area contributed by atoms with Crippen LogP contribution in [-0.4, -0.2) is 12.6 Å². The summed E-state index contributed by atoms with van der Waals surface area (Å²) < 4.78 is 4.73. The second-order valence-electron chi connectivity index (χ2n) is 4.02. The smallest absolute Gasteiger partial charge is 0.334 e. The van der Waals surface area contributed by atoms with E-state index in [1.165, 1.54) is 5.56 Å². The van der Waals surface area contributed by atoms with Gasteiger partial charge in [-0.05, 0) is 20.8 Å². The minimum Gasteiger partial charge on any atom is -0.462 e. The zero-order valence-electron chi connectivity index (χ0n) is 10.1. The van der Waals surface area contributed by atoms with Gasteiger partial charge in [0.05, 0.1) is 6.61 Å². The van der Waals surface area contributed by atoms with E-state index >= 15 is 0 Å². The average Bonchev–Trinajstić information content (AvgIpc) is 2.66. The molecule has 0 aromatic heterocycles. The van der Waals surface area contributed by atoms with Crippen LogP contribution in [0.15, 0.2) is 41.5 Å². The summed E-state index contributed by atoms with van der Waals surface area (Å²) in [5.74, 6) is -0.130. The molecule has 0 aliphatic carbocycles. The number of hydrogen-bond acceptors (Lipinski definition) is 2. The fourth-order valence-electron chi connectivity index (χ4n) is 1.42. The van der Waals surface area contributed by atoms with Crippen LogP contribution in [0.2, 0.25) is 0 Å². The van der Waals surface area contributed by atoms with Crippen molar-refractivity contribution in [3.8, 4) is 0 Å². The number of hydrogen-bond donors (Lipinski definition) is 0. The molecule has 86 valence electrons. The summed E-state index contributed by atoms with van der Waals surface area (Å²) in [7, 11) is 0. The van der Waals surface area contributed by atoms with E-state index in [2.05, 4.69) is 19.1 Å². The van der Waals surface area contributed by atoms with Crippen molar-refractivity contribution in [1.82, 2.24) is 0 Å². The molecule has 1 aliphatic heterocycles. The molecule has 1 fully saturated rings. The number of aryl methyl sites for hydroxylation is 1. The van der Waals surface area contributed by atoms with E-state index < -0.39 is 0 Å². The van der Waals surface area contributed by atoms with Crippen LogP contribution in [0.5, 0.6) is 0 Å². The topological polar surface area (TPSA) is 26.3 Å². The highest BCUT2D eigenvalue weighted by atomic mass is 16.5. The van der Waals surface area contributed by atoms with Gasteiger partial charge in [-0.25, -0.2) is 4.79 Å². The standard InChI is InChI=1S/C7H10O2.C7H8/c1-5(2)6-3-4-9-7(6)8;1-7-5-3-2-4-6-7/h3-4H2,1-2H3;2-6H,1H3. The number of esters is 1. The molecule has 0 radical (unpaired) electrons. The summed E-state index contributed by atoms with van der Waals surface area (Å²) in [6, 6.07) is 10.3. The summed E-state index contributed by atoms with van der Waals surface area (Å²) >= 11 is 0. The lowest BCUT2D eigenvalue weighted by atomic mass is 10.1. The summed E-state index contributed by atoms with van der Waals surface area (Å²) in [5, 5.41) is 0. The van der Waals surface area contributed by atoms with E-state index in [-0.39, 0.29) is 5.97 Å². The number of cyclic esters (lactones) is 1. The monoisotopic (exact) mass is 218 g/mol. The van der Waals surface area contributed by atoms with Crippen molar-refractivity contribution < 1.29 is 9.53 Å². The highest BCUT2D eigenvalue weighted by Gasteiger charge is 2.18. The molecular formula is C14H18O2. The predicted molar refractivity (Wildman–Crippen MR) is 65.1 cm³/mol. The van der Waals surface area contributed by atoms with E-state index in [0.717, 1.165) is 17.6 Å². The van der Waals surface area contributed by atoms with Crippen molar-refractivity contribution in [2.24, 2.45) is 0 Å². The van der Waals surface area contributed by atoms with E-state index in [4.69, 9.17) is 4.74 Å². The highest BCUT2D eigenvalue weighted by Crippen LogP contribution is 2.16. The van der Waals surface area contributed by atoms with Crippen LogP contribution in [0.25, 0.3) is 0 Å². The van der Waals surface area contributed by atoms with Crippen molar-refractivity contribution in [2.45, 2.75) is 27.2 Å². The van der Waals surface area contributed by atoms with Gasteiger partial charge in [-0.2, -0.15) is 0 Å². The second kappa shape index (κ2) is 6.11. The first-order valence-corrected chi connectivity index (χ1v) is 5.46. The maximum atomic E-state index is 10.7. The Balaban J connectivity index is 0.000000165. The van der Waals surface area contributed by atoms with Crippen LogP contribution >= 0.6 is 0 Å². The lowest BCUT2D eigenvalue weighted by molar-refractivity contribution is -0.135. The van der Waals surface area contributed by atoms with E-state index in [1.54, 1.807) is 0 Å². The molecule has 1 aromatic carbocycles. The first-order chi connectivity index (χ1) is 7.61. The van der Waals surface area contributed by atoms with Gasteiger partial charge in [-0.15, -0.1) is 0 Å². The van der Waals surface area contributed by atoms with Gasteiger partial charge < -0.3 is 4.74 Å². The van der Waals surface area contributed by atoms with Gasteiger partial charge in [0.25, 0.3) is 0 Å². The number of benzene rings is 1. The van der Waals surface area contributed by atoms with Gasteiger partial charge in [0.2, 0.25) is 0 Å². The minimum atomic E-state index is -0.130. The van der Waals surface area contributed by atoms with Gasteiger partial charge in [-0.3, -0.25) is 0 Å². The van der Waals surface area contributed by atoms with Crippen LogP contribution < -0.4 is 0 Å². The van der Waals surface area contributed by atoms with Crippen LogP contribution in [-0.2, 0) is 9.53 Å². The molecule has 0 saturated carbocycles. The Kier molecular flexibility index (Phi) is 4.77. The molecule has 1 heterocycles. The van der Waals surface area contributed by atoms with Crippen molar-refractivity contribution in [3.63, 3.8) is 0 Å². The van der Waals surface area contributed by atoms with Crippen LogP contribution in [0.4, 0.5) is 0 Å². The molecule has 0 bridgehead atoms. The zero-order valence-corrected chi connectivity index (χ0v) is 10.1. The Morgan fingerprint density at radius 2 is 1.81 bits per heavy atom. The lowest BCUT2D eigenvalue weighted by Crippen LogP contribution is -1.95. The van der Waals surface area contributed by atoms with Crippen LogP contribution in [0, 0.1) is 6.92 Å². The molecule has 0 unspecified atom stereocenters. The molecule has 0 amide bonds. The number of allylic oxidation sites excluding steroid dienone is 1.